The van der Waals surface area contributed by atoms with E-state index in [1.54, 1.807) is 31.2 Å². The minimum absolute atomic E-state index is 0.0201. The van der Waals surface area contributed by atoms with E-state index in [4.69, 9.17) is 4.74 Å². The molecule has 0 aliphatic heterocycles. The quantitative estimate of drug-likeness (QED) is 0.787. The highest BCUT2D eigenvalue weighted by atomic mass is 19.4. The largest absolute Gasteiger partial charge is 0.485 e. The molecule has 2 aromatic rings. The van der Waals surface area contributed by atoms with Crippen LogP contribution in [0, 0.1) is 6.92 Å². The Labute approximate surface area is 120 Å². The molecule has 0 fully saturated rings. The van der Waals surface area contributed by atoms with Gasteiger partial charge in [0.1, 0.15) is 5.75 Å². The molecule has 0 N–H and O–H groups in total. The first kappa shape index (κ1) is 15.1. The van der Waals surface area contributed by atoms with E-state index in [2.05, 4.69) is 0 Å². The van der Waals surface area contributed by atoms with Crippen LogP contribution in [0.15, 0.2) is 48.5 Å². The fourth-order valence-corrected chi connectivity index (χ4v) is 1.87. The summed E-state index contributed by atoms with van der Waals surface area (Å²) >= 11 is 0. The minimum Gasteiger partial charge on any atom is -0.485 e. The van der Waals surface area contributed by atoms with E-state index in [1.807, 2.05) is 0 Å². The van der Waals surface area contributed by atoms with Gasteiger partial charge in [0.2, 0.25) is 0 Å². The molecule has 0 aliphatic rings. The molecule has 2 rings (SSSR count). The van der Waals surface area contributed by atoms with E-state index in [9.17, 15) is 18.0 Å². The SMILES string of the molecule is Cc1ccccc1C(=O)COc1cccc(C(F)(F)F)c1. The molecular weight excluding hydrogens is 281 g/mol. The second kappa shape index (κ2) is 5.99. The lowest BCUT2D eigenvalue weighted by Gasteiger charge is -2.10. The van der Waals surface area contributed by atoms with Crippen LogP contribution in [0.25, 0.3) is 0 Å². The molecule has 110 valence electrons. The molecule has 0 unspecified atom stereocenters. The molecule has 2 nitrogen and oxygen atoms in total. The summed E-state index contributed by atoms with van der Waals surface area (Å²) < 4.78 is 42.8. The van der Waals surface area contributed by atoms with Gasteiger partial charge in [-0.15, -0.1) is 0 Å². The Kier molecular flexibility index (Phi) is 4.31. The summed E-state index contributed by atoms with van der Waals surface area (Å²) in [6, 6.07) is 11.5. The number of rotatable bonds is 4. The third-order valence-electron chi connectivity index (χ3n) is 2.98. The summed E-state index contributed by atoms with van der Waals surface area (Å²) in [5, 5.41) is 0. The average molecular weight is 294 g/mol. The number of aryl methyl sites for hydroxylation is 1. The number of ether oxygens (including phenoxy) is 1. The van der Waals surface area contributed by atoms with Gasteiger partial charge >= 0.3 is 6.18 Å². The molecule has 0 aliphatic carbocycles. The Bertz CT molecular complexity index is 648. The smallest absolute Gasteiger partial charge is 0.416 e. The van der Waals surface area contributed by atoms with Gasteiger partial charge < -0.3 is 4.74 Å². The van der Waals surface area contributed by atoms with E-state index in [-0.39, 0.29) is 18.1 Å². The molecular formula is C16H13F3O2. The number of hydrogen-bond donors (Lipinski definition) is 0. The van der Waals surface area contributed by atoms with Crippen molar-refractivity contribution in [3.05, 3.63) is 65.2 Å². The lowest BCUT2D eigenvalue weighted by atomic mass is 10.1. The maximum absolute atomic E-state index is 12.6. The molecule has 0 radical (unpaired) electrons. The van der Waals surface area contributed by atoms with Crippen LogP contribution in [0.5, 0.6) is 5.75 Å². The average Bonchev–Trinajstić information content (AvgIpc) is 2.45. The normalized spacial score (nSPS) is 11.2. The van der Waals surface area contributed by atoms with Crippen LogP contribution in [0.3, 0.4) is 0 Å². The van der Waals surface area contributed by atoms with Gasteiger partial charge in [-0.3, -0.25) is 4.79 Å². The van der Waals surface area contributed by atoms with Crippen LogP contribution in [0.2, 0.25) is 0 Å². The van der Waals surface area contributed by atoms with Crippen LogP contribution in [0.1, 0.15) is 21.5 Å². The van der Waals surface area contributed by atoms with Gasteiger partial charge in [0, 0.05) is 5.56 Å². The van der Waals surface area contributed by atoms with Crippen molar-refractivity contribution in [3.8, 4) is 5.75 Å². The van der Waals surface area contributed by atoms with E-state index in [1.165, 1.54) is 12.1 Å². The van der Waals surface area contributed by atoms with Gasteiger partial charge in [-0.1, -0.05) is 30.3 Å². The molecule has 0 saturated carbocycles. The van der Waals surface area contributed by atoms with E-state index >= 15 is 0 Å². The number of halogens is 3. The third kappa shape index (κ3) is 3.84. The second-order valence-electron chi connectivity index (χ2n) is 4.55. The zero-order valence-corrected chi connectivity index (χ0v) is 11.3. The van der Waals surface area contributed by atoms with Crippen molar-refractivity contribution < 1.29 is 22.7 Å². The third-order valence-corrected chi connectivity index (χ3v) is 2.98. The summed E-state index contributed by atoms with van der Waals surface area (Å²) in [6.07, 6.45) is -4.43. The number of carbonyl (C=O) groups excluding carboxylic acids is 1. The first-order valence-corrected chi connectivity index (χ1v) is 6.27. The minimum atomic E-state index is -4.43. The maximum atomic E-state index is 12.6. The van der Waals surface area contributed by atoms with Crippen molar-refractivity contribution >= 4 is 5.78 Å². The molecule has 0 saturated heterocycles. The molecule has 0 atom stereocenters. The Morgan fingerprint density at radius 2 is 1.81 bits per heavy atom. The van der Waals surface area contributed by atoms with Gasteiger partial charge in [-0.05, 0) is 30.7 Å². The molecule has 0 bridgehead atoms. The van der Waals surface area contributed by atoms with Crippen molar-refractivity contribution in [1.29, 1.82) is 0 Å². The predicted molar refractivity (Wildman–Crippen MR) is 72.4 cm³/mol. The topological polar surface area (TPSA) is 26.3 Å². The van der Waals surface area contributed by atoms with Crippen molar-refractivity contribution in [2.24, 2.45) is 0 Å². The highest BCUT2D eigenvalue weighted by Gasteiger charge is 2.30. The number of ketones is 1. The summed E-state index contributed by atoms with van der Waals surface area (Å²) in [5.41, 5.74) is 0.503. The molecule has 5 heteroatoms. The summed E-state index contributed by atoms with van der Waals surface area (Å²) in [6.45, 7) is 1.49. The molecule has 0 amide bonds. The summed E-state index contributed by atoms with van der Waals surface area (Å²) in [4.78, 5) is 12.0. The first-order valence-electron chi connectivity index (χ1n) is 6.27. The number of benzene rings is 2. The highest BCUT2D eigenvalue weighted by Crippen LogP contribution is 2.31. The van der Waals surface area contributed by atoms with Crippen LogP contribution < -0.4 is 4.74 Å². The maximum Gasteiger partial charge on any atom is 0.416 e. The van der Waals surface area contributed by atoms with Crippen LogP contribution >= 0.6 is 0 Å². The number of carbonyl (C=O) groups is 1. The van der Waals surface area contributed by atoms with Crippen molar-refractivity contribution in [2.75, 3.05) is 6.61 Å². The standard InChI is InChI=1S/C16H13F3O2/c1-11-5-2-3-8-14(11)15(20)10-21-13-7-4-6-12(9-13)16(17,18)19/h2-9H,10H2,1H3. The monoisotopic (exact) mass is 294 g/mol. The molecule has 2 aromatic carbocycles. The van der Waals surface area contributed by atoms with Crippen molar-refractivity contribution in [3.63, 3.8) is 0 Å². The zero-order chi connectivity index (χ0) is 15.5. The van der Waals surface area contributed by atoms with Crippen molar-refractivity contribution in [2.45, 2.75) is 13.1 Å². The second-order valence-corrected chi connectivity index (χ2v) is 4.55. The molecule has 21 heavy (non-hydrogen) atoms. The van der Waals surface area contributed by atoms with Crippen molar-refractivity contribution in [1.82, 2.24) is 0 Å². The fourth-order valence-electron chi connectivity index (χ4n) is 1.87. The molecule has 0 heterocycles. The van der Waals surface area contributed by atoms with Crippen LogP contribution in [0.4, 0.5) is 13.2 Å². The highest BCUT2D eigenvalue weighted by molar-refractivity contribution is 5.98. The van der Waals surface area contributed by atoms with Gasteiger partial charge in [0.05, 0.1) is 5.56 Å². The molecule has 0 aromatic heterocycles. The number of Topliss-reactive ketones (excluding diaryl/α,β-unsaturated/α-hetero) is 1. The Hall–Kier alpha value is -2.30. The zero-order valence-electron chi connectivity index (χ0n) is 11.3. The predicted octanol–water partition coefficient (Wildman–Crippen LogP) is 4.28. The number of alkyl halides is 3. The molecule has 0 spiro atoms. The Morgan fingerprint density at radius 3 is 2.48 bits per heavy atom. The van der Waals surface area contributed by atoms with E-state index < -0.39 is 11.7 Å². The lowest BCUT2D eigenvalue weighted by molar-refractivity contribution is -0.137. The van der Waals surface area contributed by atoms with Crippen LogP contribution in [-0.4, -0.2) is 12.4 Å². The van der Waals surface area contributed by atoms with Crippen LogP contribution in [-0.2, 0) is 6.18 Å². The Balaban J connectivity index is 2.07. The van der Waals surface area contributed by atoms with E-state index in [0.29, 0.717) is 5.56 Å². The summed E-state index contributed by atoms with van der Waals surface area (Å²) in [7, 11) is 0. The van der Waals surface area contributed by atoms with Gasteiger partial charge in [-0.25, -0.2) is 0 Å². The number of hydrogen-bond acceptors (Lipinski definition) is 2. The Morgan fingerprint density at radius 1 is 1.10 bits per heavy atom. The lowest BCUT2D eigenvalue weighted by Crippen LogP contribution is -2.13. The van der Waals surface area contributed by atoms with Gasteiger partial charge in [-0.2, -0.15) is 13.2 Å². The first-order chi connectivity index (χ1) is 9.88. The van der Waals surface area contributed by atoms with E-state index in [0.717, 1.165) is 17.7 Å². The summed E-state index contributed by atoms with van der Waals surface area (Å²) in [5.74, 6) is -0.253. The fraction of sp³-hybridized carbons (Fsp3) is 0.188. The van der Waals surface area contributed by atoms with Gasteiger partial charge in [0.25, 0.3) is 0 Å². The van der Waals surface area contributed by atoms with Gasteiger partial charge in [0.15, 0.2) is 12.4 Å².